The Balaban J connectivity index is 2.09. The summed E-state index contributed by atoms with van der Waals surface area (Å²) >= 11 is 0. The Kier molecular flexibility index (Phi) is 6.37. The number of ether oxygens (including phenoxy) is 1. The maximum Gasteiger partial charge on any atom is 0.142 e. The van der Waals surface area contributed by atoms with Crippen LogP contribution < -0.4 is 15.4 Å². The number of nitrogens with one attached hydrogen (secondary N) is 2. The van der Waals surface area contributed by atoms with Crippen molar-refractivity contribution in [2.45, 2.75) is 20.3 Å². The summed E-state index contributed by atoms with van der Waals surface area (Å²) in [4.78, 5) is 11.1. The molecule has 0 saturated heterocycles. The zero-order valence-corrected chi connectivity index (χ0v) is 15.2. The van der Waals surface area contributed by atoms with Crippen molar-refractivity contribution in [3.63, 3.8) is 0 Å². The van der Waals surface area contributed by atoms with Gasteiger partial charge in [-0.25, -0.2) is 9.97 Å². The van der Waals surface area contributed by atoms with Gasteiger partial charge in [-0.3, -0.25) is 0 Å². The van der Waals surface area contributed by atoms with E-state index in [4.69, 9.17) is 4.74 Å². The molecular weight excluding hydrogens is 302 g/mol. The third kappa shape index (κ3) is 5.38. The molecule has 0 saturated carbocycles. The van der Waals surface area contributed by atoms with E-state index in [1.54, 1.807) is 7.11 Å². The third-order valence-corrected chi connectivity index (χ3v) is 3.54. The fourth-order valence-corrected chi connectivity index (χ4v) is 2.39. The maximum absolute atomic E-state index is 5.41. The van der Waals surface area contributed by atoms with E-state index in [2.05, 4.69) is 39.6 Å². The molecule has 6 nitrogen and oxygen atoms in total. The molecule has 1 aromatic carbocycles. The zero-order chi connectivity index (χ0) is 17.5. The highest BCUT2D eigenvalue weighted by molar-refractivity contribution is 5.66. The lowest BCUT2D eigenvalue weighted by Gasteiger charge is -2.14. The molecule has 24 heavy (non-hydrogen) atoms. The van der Waals surface area contributed by atoms with Crippen LogP contribution in [-0.2, 0) is 0 Å². The Morgan fingerprint density at radius 2 is 1.83 bits per heavy atom. The monoisotopic (exact) mass is 329 g/mol. The Morgan fingerprint density at radius 3 is 2.54 bits per heavy atom. The number of methoxy groups -OCH3 is 1. The van der Waals surface area contributed by atoms with Crippen LogP contribution in [0.2, 0.25) is 0 Å². The minimum atomic E-state index is 0.724. The topological polar surface area (TPSA) is 62.3 Å². The fourth-order valence-electron chi connectivity index (χ4n) is 2.39. The molecule has 1 heterocycles. The van der Waals surface area contributed by atoms with Gasteiger partial charge in [-0.1, -0.05) is 6.07 Å². The van der Waals surface area contributed by atoms with Crippen molar-refractivity contribution >= 4 is 17.3 Å². The van der Waals surface area contributed by atoms with Crippen molar-refractivity contribution in [3.05, 3.63) is 35.7 Å². The second kappa shape index (κ2) is 8.49. The van der Waals surface area contributed by atoms with E-state index in [1.165, 1.54) is 0 Å². The highest BCUT2D eigenvalue weighted by Gasteiger charge is 2.07. The van der Waals surface area contributed by atoms with E-state index in [9.17, 15) is 0 Å². The molecule has 1 aromatic heterocycles. The highest BCUT2D eigenvalue weighted by atomic mass is 16.5. The molecule has 2 rings (SSSR count). The second-order valence-corrected chi connectivity index (χ2v) is 6.10. The molecule has 0 bridgehead atoms. The van der Waals surface area contributed by atoms with E-state index in [1.807, 2.05) is 38.1 Å². The summed E-state index contributed by atoms with van der Waals surface area (Å²) in [6, 6.07) is 7.93. The molecule has 0 aliphatic heterocycles. The van der Waals surface area contributed by atoms with E-state index < -0.39 is 0 Å². The molecule has 0 unspecified atom stereocenters. The Bertz CT molecular complexity index is 672. The number of aromatic nitrogens is 2. The average molecular weight is 329 g/mol. The van der Waals surface area contributed by atoms with Crippen LogP contribution >= 0.6 is 0 Å². The summed E-state index contributed by atoms with van der Waals surface area (Å²) in [6.07, 6.45) is 1.06. The molecule has 0 aliphatic carbocycles. The number of nitrogens with zero attached hydrogens (tertiary/aromatic N) is 3. The van der Waals surface area contributed by atoms with Gasteiger partial charge in [0.1, 0.15) is 23.2 Å². The third-order valence-electron chi connectivity index (χ3n) is 3.54. The number of aryl methyl sites for hydroxylation is 2. The number of hydrogen-bond donors (Lipinski definition) is 2. The van der Waals surface area contributed by atoms with Crippen molar-refractivity contribution in [3.8, 4) is 5.75 Å². The Morgan fingerprint density at radius 1 is 1.08 bits per heavy atom. The first-order valence-electron chi connectivity index (χ1n) is 8.14. The van der Waals surface area contributed by atoms with Gasteiger partial charge in [0.25, 0.3) is 0 Å². The van der Waals surface area contributed by atoms with Crippen molar-refractivity contribution in [2.75, 3.05) is 44.9 Å². The van der Waals surface area contributed by atoms with Gasteiger partial charge in [-0.2, -0.15) is 0 Å². The van der Waals surface area contributed by atoms with E-state index in [0.717, 1.165) is 54.0 Å². The van der Waals surface area contributed by atoms with E-state index in [-0.39, 0.29) is 0 Å². The summed E-state index contributed by atoms with van der Waals surface area (Å²) in [5, 5.41) is 6.69. The number of benzene rings is 1. The molecule has 2 N–H and O–H groups in total. The molecule has 2 aromatic rings. The van der Waals surface area contributed by atoms with Crippen LogP contribution in [-0.4, -0.2) is 49.2 Å². The smallest absolute Gasteiger partial charge is 0.142 e. The second-order valence-electron chi connectivity index (χ2n) is 6.10. The van der Waals surface area contributed by atoms with Gasteiger partial charge in [0.2, 0.25) is 0 Å². The lowest BCUT2D eigenvalue weighted by molar-refractivity contribution is 0.405. The summed E-state index contributed by atoms with van der Waals surface area (Å²) in [5.41, 5.74) is 2.06. The predicted octanol–water partition coefficient (Wildman–Crippen LogP) is 3.21. The van der Waals surface area contributed by atoms with Gasteiger partial charge in [0.15, 0.2) is 0 Å². The largest absolute Gasteiger partial charge is 0.495 e. The molecule has 0 aliphatic rings. The van der Waals surface area contributed by atoms with Crippen molar-refractivity contribution in [1.82, 2.24) is 14.9 Å². The average Bonchev–Trinajstić information content (AvgIpc) is 2.51. The quantitative estimate of drug-likeness (QED) is 0.725. The number of anilines is 3. The standard InChI is InChI=1S/C18H27N5O/c1-13-7-8-16(24-5)15(11-13)22-18-12-17(20-14(2)21-18)19-9-6-10-23(3)4/h7-8,11-12H,6,9-10H2,1-5H3,(H2,19,20,21,22). The highest BCUT2D eigenvalue weighted by Crippen LogP contribution is 2.28. The van der Waals surface area contributed by atoms with Gasteiger partial charge < -0.3 is 20.3 Å². The lowest BCUT2D eigenvalue weighted by atomic mass is 10.2. The van der Waals surface area contributed by atoms with Gasteiger partial charge in [0.05, 0.1) is 12.8 Å². The Hall–Kier alpha value is -2.34. The van der Waals surface area contributed by atoms with Crippen molar-refractivity contribution < 1.29 is 4.74 Å². The fraction of sp³-hybridized carbons (Fsp3) is 0.444. The maximum atomic E-state index is 5.41. The van der Waals surface area contributed by atoms with Crippen LogP contribution in [0, 0.1) is 13.8 Å². The van der Waals surface area contributed by atoms with Crippen LogP contribution in [0.15, 0.2) is 24.3 Å². The minimum Gasteiger partial charge on any atom is -0.495 e. The van der Waals surface area contributed by atoms with Crippen LogP contribution in [0.3, 0.4) is 0 Å². The zero-order valence-electron chi connectivity index (χ0n) is 15.2. The molecule has 0 atom stereocenters. The number of hydrogen-bond acceptors (Lipinski definition) is 6. The van der Waals surface area contributed by atoms with Crippen LogP contribution in [0.5, 0.6) is 5.75 Å². The normalized spacial score (nSPS) is 10.8. The Labute approximate surface area is 144 Å². The summed E-state index contributed by atoms with van der Waals surface area (Å²) < 4.78 is 5.41. The number of rotatable bonds is 8. The van der Waals surface area contributed by atoms with Crippen LogP contribution in [0.1, 0.15) is 17.8 Å². The van der Waals surface area contributed by atoms with E-state index >= 15 is 0 Å². The molecule has 0 amide bonds. The molecule has 6 heteroatoms. The van der Waals surface area contributed by atoms with Gasteiger partial charge >= 0.3 is 0 Å². The van der Waals surface area contributed by atoms with Crippen molar-refractivity contribution in [1.29, 1.82) is 0 Å². The van der Waals surface area contributed by atoms with Crippen LogP contribution in [0.4, 0.5) is 17.3 Å². The molecule has 130 valence electrons. The summed E-state index contributed by atoms with van der Waals surface area (Å²) in [5.74, 6) is 3.09. The summed E-state index contributed by atoms with van der Waals surface area (Å²) in [6.45, 7) is 5.86. The first-order valence-corrected chi connectivity index (χ1v) is 8.14. The first kappa shape index (κ1) is 18.0. The van der Waals surface area contributed by atoms with Gasteiger partial charge in [0, 0.05) is 12.6 Å². The van der Waals surface area contributed by atoms with Gasteiger partial charge in [-0.05, 0) is 58.6 Å². The SMILES string of the molecule is COc1ccc(C)cc1Nc1cc(NCCCN(C)C)nc(C)n1. The summed E-state index contributed by atoms with van der Waals surface area (Å²) in [7, 11) is 5.82. The van der Waals surface area contributed by atoms with E-state index in [0.29, 0.717) is 0 Å². The molecule has 0 spiro atoms. The molecule has 0 radical (unpaired) electrons. The van der Waals surface area contributed by atoms with Gasteiger partial charge in [-0.15, -0.1) is 0 Å². The molecule has 0 fully saturated rings. The predicted molar refractivity (Wildman–Crippen MR) is 99.4 cm³/mol. The van der Waals surface area contributed by atoms with Crippen LogP contribution in [0.25, 0.3) is 0 Å². The minimum absolute atomic E-state index is 0.724. The molecular formula is C18H27N5O. The first-order chi connectivity index (χ1) is 11.5. The lowest BCUT2D eigenvalue weighted by Crippen LogP contribution is -2.16. The van der Waals surface area contributed by atoms with Crippen molar-refractivity contribution in [2.24, 2.45) is 0 Å².